The standard InChI is InChI=1S/C13H20FNO/c1-8(2)12-10(13(3,4)15)6-9(14)7-11(12)16-5/h6-8H,15H2,1-5H3. The van der Waals surface area contributed by atoms with Gasteiger partial charge in [0.1, 0.15) is 11.6 Å². The zero-order valence-corrected chi connectivity index (χ0v) is 10.6. The molecular formula is C13H20FNO. The van der Waals surface area contributed by atoms with Gasteiger partial charge in [0.25, 0.3) is 0 Å². The van der Waals surface area contributed by atoms with E-state index in [1.54, 1.807) is 7.11 Å². The van der Waals surface area contributed by atoms with Crippen molar-refractivity contribution in [3.8, 4) is 5.75 Å². The highest BCUT2D eigenvalue weighted by atomic mass is 19.1. The molecule has 90 valence electrons. The molecule has 0 aromatic heterocycles. The number of rotatable bonds is 3. The van der Waals surface area contributed by atoms with Gasteiger partial charge < -0.3 is 10.5 Å². The van der Waals surface area contributed by atoms with Gasteiger partial charge in [-0.05, 0) is 31.4 Å². The Morgan fingerprint density at radius 3 is 2.25 bits per heavy atom. The zero-order chi connectivity index (χ0) is 12.5. The van der Waals surface area contributed by atoms with Gasteiger partial charge in [0.15, 0.2) is 0 Å². The van der Waals surface area contributed by atoms with Crippen molar-refractivity contribution in [2.45, 2.75) is 39.2 Å². The molecule has 0 aliphatic carbocycles. The number of halogens is 1. The lowest BCUT2D eigenvalue weighted by atomic mass is 9.85. The van der Waals surface area contributed by atoms with Crippen molar-refractivity contribution in [3.05, 3.63) is 29.1 Å². The van der Waals surface area contributed by atoms with Crippen molar-refractivity contribution in [1.29, 1.82) is 0 Å². The Bertz CT molecular complexity index is 380. The number of nitrogens with two attached hydrogens (primary N) is 1. The van der Waals surface area contributed by atoms with Crippen LogP contribution in [0.5, 0.6) is 5.75 Å². The maximum atomic E-state index is 13.5. The minimum Gasteiger partial charge on any atom is -0.496 e. The van der Waals surface area contributed by atoms with Gasteiger partial charge in [-0.1, -0.05) is 13.8 Å². The highest BCUT2D eigenvalue weighted by molar-refractivity contribution is 5.45. The van der Waals surface area contributed by atoms with E-state index in [2.05, 4.69) is 0 Å². The molecule has 0 bridgehead atoms. The molecule has 0 unspecified atom stereocenters. The molecule has 1 aromatic rings. The predicted octanol–water partition coefficient (Wildman–Crippen LogP) is 3.15. The van der Waals surface area contributed by atoms with Crippen LogP contribution < -0.4 is 10.5 Å². The third-order valence-electron chi connectivity index (χ3n) is 2.60. The van der Waals surface area contributed by atoms with Crippen LogP contribution in [0.4, 0.5) is 4.39 Å². The molecule has 2 nitrogen and oxygen atoms in total. The molecular weight excluding hydrogens is 205 g/mol. The van der Waals surface area contributed by atoms with Gasteiger partial charge >= 0.3 is 0 Å². The van der Waals surface area contributed by atoms with E-state index in [-0.39, 0.29) is 11.7 Å². The molecule has 0 atom stereocenters. The molecule has 0 spiro atoms. The van der Waals surface area contributed by atoms with Crippen LogP contribution in [-0.2, 0) is 5.54 Å². The molecule has 1 rings (SSSR count). The zero-order valence-electron chi connectivity index (χ0n) is 10.6. The van der Waals surface area contributed by atoms with Crippen molar-refractivity contribution in [1.82, 2.24) is 0 Å². The van der Waals surface area contributed by atoms with E-state index in [9.17, 15) is 4.39 Å². The summed E-state index contributed by atoms with van der Waals surface area (Å²) in [6.45, 7) is 7.83. The molecule has 3 heteroatoms. The Morgan fingerprint density at radius 2 is 1.88 bits per heavy atom. The lowest BCUT2D eigenvalue weighted by Gasteiger charge is -2.26. The molecule has 0 amide bonds. The number of ether oxygens (including phenoxy) is 1. The second-order valence-corrected chi connectivity index (χ2v) is 4.95. The van der Waals surface area contributed by atoms with Crippen LogP contribution in [0.25, 0.3) is 0 Å². The van der Waals surface area contributed by atoms with Gasteiger partial charge in [0.2, 0.25) is 0 Å². The van der Waals surface area contributed by atoms with E-state index in [1.807, 2.05) is 27.7 Å². The SMILES string of the molecule is COc1cc(F)cc(C(C)(C)N)c1C(C)C. The average molecular weight is 225 g/mol. The highest BCUT2D eigenvalue weighted by Crippen LogP contribution is 2.35. The van der Waals surface area contributed by atoms with Crippen LogP contribution in [0.3, 0.4) is 0 Å². The van der Waals surface area contributed by atoms with Crippen molar-refractivity contribution in [2.24, 2.45) is 5.73 Å². The monoisotopic (exact) mass is 225 g/mol. The lowest BCUT2D eigenvalue weighted by molar-refractivity contribution is 0.399. The summed E-state index contributed by atoms with van der Waals surface area (Å²) >= 11 is 0. The molecule has 0 fully saturated rings. The third-order valence-corrected chi connectivity index (χ3v) is 2.60. The van der Waals surface area contributed by atoms with E-state index in [0.29, 0.717) is 5.75 Å². The molecule has 0 saturated heterocycles. The average Bonchev–Trinajstić information content (AvgIpc) is 2.14. The predicted molar refractivity (Wildman–Crippen MR) is 64.3 cm³/mol. The smallest absolute Gasteiger partial charge is 0.127 e. The van der Waals surface area contributed by atoms with Crippen LogP contribution in [0.15, 0.2) is 12.1 Å². The first-order valence-electron chi connectivity index (χ1n) is 5.44. The van der Waals surface area contributed by atoms with Crippen molar-refractivity contribution in [3.63, 3.8) is 0 Å². The Morgan fingerprint density at radius 1 is 1.31 bits per heavy atom. The molecule has 0 saturated carbocycles. The molecule has 16 heavy (non-hydrogen) atoms. The van der Waals surface area contributed by atoms with E-state index in [4.69, 9.17) is 10.5 Å². The molecule has 0 radical (unpaired) electrons. The highest BCUT2D eigenvalue weighted by Gasteiger charge is 2.24. The van der Waals surface area contributed by atoms with E-state index in [0.717, 1.165) is 11.1 Å². The first-order chi connectivity index (χ1) is 7.27. The van der Waals surface area contributed by atoms with E-state index < -0.39 is 5.54 Å². The first kappa shape index (κ1) is 13.0. The summed E-state index contributed by atoms with van der Waals surface area (Å²) in [7, 11) is 1.55. The first-order valence-corrected chi connectivity index (χ1v) is 5.44. The van der Waals surface area contributed by atoms with Crippen LogP contribution in [0.2, 0.25) is 0 Å². The molecule has 0 heterocycles. The van der Waals surface area contributed by atoms with E-state index >= 15 is 0 Å². The molecule has 0 aliphatic rings. The van der Waals surface area contributed by atoms with Crippen LogP contribution in [-0.4, -0.2) is 7.11 Å². The second kappa shape index (κ2) is 4.42. The maximum absolute atomic E-state index is 13.5. The summed E-state index contributed by atoms with van der Waals surface area (Å²) in [4.78, 5) is 0. The van der Waals surface area contributed by atoms with Crippen molar-refractivity contribution < 1.29 is 9.13 Å². The van der Waals surface area contributed by atoms with Gasteiger partial charge in [-0.25, -0.2) is 4.39 Å². The largest absolute Gasteiger partial charge is 0.496 e. The number of hydrogen-bond acceptors (Lipinski definition) is 2. The van der Waals surface area contributed by atoms with Crippen LogP contribution in [0, 0.1) is 5.82 Å². The summed E-state index contributed by atoms with van der Waals surface area (Å²) in [6, 6.07) is 2.91. The van der Waals surface area contributed by atoms with E-state index in [1.165, 1.54) is 12.1 Å². The molecule has 1 aromatic carbocycles. The molecule has 2 N–H and O–H groups in total. The van der Waals surface area contributed by atoms with Gasteiger partial charge in [-0.2, -0.15) is 0 Å². The van der Waals surface area contributed by atoms with Gasteiger partial charge in [0, 0.05) is 17.2 Å². The fourth-order valence-corrected chi connectivity index (χ4v) is 1.89. The summed E-state index contributed by atoms with van der Waals surface area (Å²) in [5, 5.41) is 0. The number of methoxy groups -OCH3 is 1. The summed E-state index contributed by atoms with van der Waals surface area (Å²) in [5.41, 5.74) is 7.28. The second-order valence-electron chi connectivity index (χ2n) is 4.95. The minimum atomic E-state index is -0.574. The maximum Gasteiger partial charge on any atom is 0.127 e. The number of hydrogen-bond donors (Lipinski definition) is 1. The minimum absolute atomic E-state index is 0.244. The Balaban J connectivity index is 3.51. The molecule has 0 aliphatic heterocycles. The summed E-state index contributed by atoms with van der Waals surface area (Å²) in [6.07, 6.45) is 0. The normalized spacial score (nSPS) is 12.0. The summed E-state index contributed by atoms with van der Waals surface area (Å²) in [5.74, 6) is 0.506. The van der Waals surface area contributed by atoms with Crippen molar-refractivity contribution in [2.75, 3.05) is 7.11 Å². The lowest BCUT2D eigenvalue weighted by Crippen LogP contribution is -2.30. The Labute approximate surface area is 96.6 Å². The fraction of sp³-hybridized carbons (Fsp3) is 0.538. The van der Waals surface area contributed by atoms with Crippen molar-refractivity contribution >= 4 is 0 Å². The number of benzene rings is 1. The quantitative estimate of drug-likeness (QED) is 0.857. The topological polar surface area (TPSA) is 35.2 Å². The van der Waals surface area contributed by atoms with Crippen LogP contribution in [0.1, 0.15) is 44.7 Å². The summed E-state index contributed by atoms with van der Waals surface area (Å²) < 4.78 is 18.7. The third kappa shape index (κ3) is 2.53. The van der Waals surface area contributed by atoms with Crippen LogP contribution >= 0.6 is 0 Å². The fourth-order valence-electron chi connectivity index (χ4n) is 1.89. The van der Waals surface area contributed by atoms with Gasteiger partial charge in [-0.3, -0.25) is 0 Å². The Hall–Kier alpha value is -1.09. The Kier molecular flexibility index (Phi) is 3.58. The van der Waals surface area contributed by atoms with Gasteiger partial charge in [-0.15, -0.1) is 0 Å². The van der Waals surface area contributed by atoms with Gasteiger partial charge in [0.05, 0.1) is 7.11 Å².